The van der Waals surface area contributed by atoms with Crippen molar-refractivity contribution in [1.29, 1.82) is 0 Å². The number of H-pyrrole nitrogens is 1. The van der Waals surface area contributed by atoms with E-state index in [4.69, 9.17) is 0 Å². The number of rotatable bonds is 3. The van der Waals surface area contributed by atoms with Crippen molar-refractivity contribution in [3.05, 3.63) is 34.4 Å². The minimum absolute atomic E-state index is 0.0355. The van der Waals surface area contributed by atoms with E-state index in [2.05, 4.69) is 26.7 Å². The van der Waals surface area contributed by atoms with E-state index < -0.39 is 4.92 Å². The van der Waals surface area contributed by atoms with Gasteiger partial charge in [0.15, 0.2) is 0 Å². The Morgan fingerprint density at radius 3 is 2.84 bits per heavy atom. The van der Waals surface area contributed by atoms with E-state index in [1.165, 1.54) is 11.7 Å². The Hall–Kier alpha value is -2.40. The van der Waals surface area contributed by atoms with Gasteiger partial charge in [0.2, 0.25) is 0 Å². The third-order valence-electron chi connectivity index (χ3n) is 3.59. The number of imidazole rings is 1. The van der Waals surface area contributed by atoms with Crippen molar-refractivity contribution in [2.24, 2.45) is 0 Å². The molecule has 0 atom stereocenters. The van der Waals surface area contributed by atoms with E-state index in [0.29, 0.717) is 32.1 Å². The molecule has 3 heterocycles. The average Bonchev–Trinajstić information content (AvgIpc) is 3.31. The molecule has 3 aromatic heterocycles. The summed E-state index contributed by atoms with van der Waals surface area (Å²) in [5.74, 6) is 0. The summed E-state index contributed by atoms with van der Waals surface area (Å²) in [5.41, 5.74) is 3.92. The Morgan fingerprint density at radius 2 is 1.96 bits per heavy atom. The third-order valence-corrected chi connectivity index (χ3v) is 6.23. The summed E-state index contributed by atoms with van der Waals surface area (Å²) in [7, 11) is 0. The first kappa shape index (κ1) is 14.9. The molecule has 122 valence electrons. The van der Waals surface area contributed by atoms with Crippen LogP contribution in [0.4, 0.5) is 5.69 Å². The van der Waals surface area contributed by atoms with Gasteiger partial charge in [-0.25, -0.2) is 0 Å². The summed E-state index contributed by atoms with van der Waals surface area (Å²) in [5, 5.41) is 12.0. The number of aromatic nitrogens is 6. The molecule has 0 radical (unpaired) electrons. The van der Waals surface area contributed by atoms with Gasteiger partial charge in [0, 0.05) is 0 Å². The summed E-state index contributed by atoms with van der Waals surface area (Å²) >= 11 is 2.07. The summed E-state index contributed by atoms with van der Waals surface area (Å²) in [4.78, 5) is 20.5. The van der Waals surface area contributed by atoms with Crippen LogP contribution >= 0.6 is 23.5 Å². The van der Waals surface area contributed by atoms with Gasteiger partial charge in [-0.3, -0.25) is 0 Å². The number of nitro groups is 1. The van der Waals surface area contributed by atoms with Crippen molar-refractivity contribution in [1.82, 2.24) is 26.7 Å². The zero-order chi connectivity index (χ0) is 17.0. The van der Waals surface area contributed by atoms with E-state index in [1.54, 1.807) is 12.1 Å². The number of aromatic amines is 1. The molecule has 0 fully saturated rings. The quantitative estimate of drug-likeness (QED) is 0.261. The van der Waals surface area contributed by atoms with Crippen LogP contribution in [0.1, 0.15) is 0 Å². The topological polar surface area (TPSA) is 123 Å². The number of nitrogens with one attached hydrogen (secondary N) is 1. The number of hydrogen-bond donors (Lipinski definition) is 1. The van der Waals surface area contributed by atoms with Crippen LogP contribution in [-0.4, -0.2) is 46.6 Å². The molecule has 0 aliphatic carbocycles. The Labute approximate surface area is 153 Å². The van der Waals surface area contributed by atoms with Crippen molar-refractivity contribution in [2.75, 3.05) is 0 Å². The monoisotopic (exact) mass is 435 g/mol. The summed E-state index contributed by atoms with van der Waals surface area (Å²) in [6.07, 6.45) is 0. The summed E-state index contributed by atoms with van der Waals surface area (Å²) in [6, 6.07) is 7.17. The van der Waals surface area contributed by atoms with Gasteiger partial charge in [-0.2, -0.15) is 0 Å². The fourth-order valence-corrected chi connectivity index (χ4v) is 5.10. The molecule has 2 aromatic carbocycles. The zero-order valence-corrected chi connectivity index (χ0v) is 15.4. The Kier molecular flexibility index (Phi) is 3.31. The molecule has 0 aliphatic heterocycles. The maximum atomic E-state index is 11.5. The molecule has 5 aromatic rings. The van der Waals surface area contributed by atoms with Crippen molar-refractivity contribution in [3.63, 3.8) is 0 Å². The van der Waals surface area contributed by atoms with Crippen LogP contribution in [0.25, 0.3) is 33.1 Å². The van der Waals surface area contributed by atoms with Crippen molar-refractivity contribution in [3.8, 4) is 0 Å². The molecule has 25 heavy (non-hydrogen) atoms. The van der Waals surface area contributed by atoms with Crippen LogP contribution in [-0.2, 0) is 0 Å². The standard InChI is InChI=1S/C13H5N7O2S2Se/c21-20(22)12-8(4-3-7-11(12)19-25-18-7)23-13-14-5-1-2-6-10(9(5)15-13)17-24-16-6/h1-4,16H. The molecule has 0 saturated heterocycles. The molecular formula is C13H5N7O2S2Se. The van der Waals surface area contributed by atoms with Crippen LogP contribution in [0, 0.1) is 10.1 Å². The van der Waals surface area contributed by atoms with E-state index in [0.717, 1.165) is 22.8 Å². The van der Waals surface area contributed by atoms with E-state index in [1.807, 2.05) is 12.1 Å². The first-order valence-electron chi connectivity index (χ1n) is 6.89. The zero-order valence-electron chi connectivity index (χ0n) is 12.0. The van der Waals surface area contributed by atoms with Gasteiger partial charge in [0.05, 0.1) is 0 Å². The van der Waals surface area contributed by atoms with Crippen molar-refractivity contribution < 1.29 is 4.92 Å². The predicted molar refractivity (Wildman–Crippen MR) is 94.3 cm³/mol. The van der Waals surface area contributed by atoms with E-state index >= 15 is 0 Å². The molecule has 0 saturated carbocycles. The molecule has 0 bridgehead atoms. The first-order chi connectivity index (χ1) is 12.2. The second-order valence-corrected chi connectivity index (χ2v) is 7.71. The van der Waals surface area contributed by atoms with E-state index in [9.17, 15) is 10.1 Å². The molecule has 0 amide bonds. The number of nitrogens with zero attached hydrogens (tertiary/aromatic N) is 6. The number of benzene rings is 2. The fraction of sp³-hybridized carbons (Fsp3) is 0. The minimum atomic E-state index is -0.419. The van der Waals surface area contributed by atoms with Gasteiger partial charge in [-0.05, 0) is 0 Å². The van der Waals surface area contributed by atoms with Gasteiger partial charge >= 0.3 is 153 Å². The van der Waals surface area contributed by atoms with Gasteiger partial charge in [0.1, 0.15) is 0 Å². The third kappa shape index (κ3) is 2.34. The van der Waals surface area contributed by atoms with Gasteiger partial charge < -0.3 is 0 Å². The second-order valence-electron chi connectivity index (χ2n) is 5.02. The van der Waals surface area contributed by atoms with Crippen LogP contribution in [0.2, 0.25) is 0 Å². The second kappa shape index (κ2) is 5.56. The molecule has 0 unspecified atom stereocenters. The number of nitro benzene ring substituents is 1. The SMILES string of the molecule is O=[N+]([O-])c1c(Sc2nc3ccc4[nH]snc4c3n2)ccc2n[se]nc12. The van der Waals surface area contributed by atoms with Gasteiger partial charge in [0.25, 0.3) is 0 Å². The maximum absolute atomic E-state index is 11.5. The Bertz CT molecular complexity index is 1280. The van der Waals surface area contributed by atoms with Crippen molar-refractivity contribution >= 4 is 77.2 Å². The van der Waals surface area contributed by atoms with Crippen LogP contribution in [0.5, 0.6) is 0 Å². The number of hydrogen-bond acceptors (Lipinski definition) is 9. The molecule has 0 spiro atoms. The Morgan fingerprint density at radius 1 is 1.08 bits per heavy atom. The van der Waals surface area contributed by atoms with Crippen LogP contribution < -0.4 is 0 Å². The molecule has 9 nitrogen and oxygen atoms in total. The Balaban J connectivity index is 1.66. The normalized spacial score (nSPS) is 11.7. The summed E-state index contributed by atoms with van der Waals surface area (Å²) in [6.45, 7) is 0. The fourth-order valence-electron chi connectivity index (χ4n) is 2.51. The van der Waals surface area contributed by atoms with Crippen LogP contribution in [0.3, 0.4) is 0 Å². The predicted octanol–water partition coefficient (Wildman–Crippen LogP) is 2.63. The first-order valence-corrected chi connectivity index (χ1v) is 10.0. The summed E-state index contributed by atoms with van der Waals surface area (Å²) < 4.78 is 15.8. The molecule has 5 rings (SSSR count). The van der Waals surface area contributed by atoms with Gasteiger partial charge in [-0.15, -0.1) is 0 Å². The van der Waals surface area contributed by atoms with Crippen LogP contribution in [0.15, 0.2) is 34.3 Å². The van der Waals surface area contributed by atoms with Gasteiger partial charge in [-0.1, -0.05) is 0 Å². The van der Waals surface area contributed by atoms with E-state index in [-0.39, 0.29) is 20.6 Å². The van der Waals surface area contributed by atoms with Crippen molar-refractivity contribution in [2.45, 2.75) is 10.1 Å². The molecule has 0 aliphatic rings. The molecule has 1 N–H and O–H groups in total. The number of fused-ring (bicyclic) bond motifs is 4. The molecular weight excluding hydrogens is 429 g/mol. The average molecular weight is 434 g/mol. The molecule has 12 heteroatoms.